The second-order valence-electron chi connectivity index (χ2n) is 3.30. The summed E-state index contributed by atoms with van der Waals surface area (Å²) in [5, 5.41) is 10.3. The Kier molecular flexibility index (Phi) is 3.43. The number of para-hydroxylation sites is 1. The second-order valence-corrected chi connectivity index (χ2v) is 3.68. The van der Waals surface area contributed by atoms with E-state index >= 15 is 0 Å². The second kappa shape index (κ2) is 5.02. The first kappa shape index (κ1) is 13.0. The molecule has 0 unspecified atom stereocenters. The van der Waals surface area contributed by atoms with Crippen molar-refractivity contribution in [2.45, 2.75) is 0 Å². The number of nitrogens with one attached hydrogen (secondary N) is 1. The predicted octanol–water partition coefficient (Wildman–Crippen LogP) is 2.26. The number of halogens is 2. The summed E-state index contributed by atoms with van der Waals surface area (Å²) >= 11 is 5.60. The molecule has 1 aromatic heterocycles. The van der Waals surface area contributed by atoms with Crippen LogP contribution in [0.1, 0.15) is 0 Å². The molecule has 19 heavy (non-hydrogen) atoms. The Morgan fingerprint density at radius 3 is 2.89 bits per heavy atom. The first-order chi connectivity index (χ1) is 9.00. The Morgan fingerprint density at radius 1 is 1.47 bits per heavy atom. The van der Waals surface area contributed by atoms with Crippen LogP contribution in [0, 0.1) is 15.9 Å². The van der Waals surface area contributed by atoms with Crippen molar-refractivity contribution in [3.05, 3.63) is 55.8 Å². The molecule has 0 saturated heterocycles. The summed E-state index contributed by atoms with van der Waals surface area (Å²) in [6.07, 6.45) is 0.982. The SMILES string of the molecule is O=c1[nH]cnc(Oc2c(F)cccc2[N+](=O)[O-])c1Cl. The molecule has 0 aliphatic carbocycles. The van der Waals surface area contributed by atoms with Crippen molar-refractivity contribution >= 4 is 17.3 Å². The Labute approximate surface area is 109 Å². The topological polar surface area (TPSA) is 98.1 Å². The summed E-state index contributed by atoms with van der Waals surface area (Å²) in [5.74, 6) is -2.04. The van der Waals surface area contributed by atoms with Crippen molar-refractivity contribution in [3.8, 4) is 11.6 Å². The normalized spacial score (nSPS) is 10.2. The average Bonchev–Trinajstić information content (AvgIpc) is 2.36. The van der Waals surface area contributed by atoms with Gasteiger partial charge in [0, 0.05) is 6.07 Å². The lowest BCUT2D eigenvalue weighted by molar-refractivity contribution is -0.385. The average molecular weight is 286 g/mol. The van der Waals surface area contributed by atoms with E-state index in [0.717, 1.165) is 24.5 Å². The fourth-order valence-electron chi connectivity index (χ4n) is 1.28. The van der Waals surface area contributed by atoms with Gasteiger partial charge in [-0.05, 0) is 6.07 Å². The van der Waals surface area contributed by atoms with Gasteiger partial charge in [0.2, 0.25) is 11.6 Å². The molecular formula is C10H5ClFN3O4. The minimum atomic E-state index is -0.965. The lowest BCUT2D eigenvalue weighted by atomic mass is 10.3. The zero-order valence-corrected chi connectivity index (χ0v) is 9.85. The first-order valence-corrected chi connectivity index (χ1v) is 5.22. The number of nitro groups is 1. The minimum Gasteiger partial charge on any atom is -0.427 e. The zero-order valence-electron chi connectivity index (χ0n) is 9.09. The summed E-state index contributed by atoms with van der Waals surface area (Å²) in [6.45, 7) is 0. The van der Waals surface area contributed by atoms with Crippen LogP contribution >= 0.6 is 11.6 Å². The van der Waals surface area contributed by atoms with Crippen LogP contribution in [0.15, 0.2) is 29.3 Å². The van der Waals surface area contributed by atoms with E-state index in [1.807, 2.05) is 0 Å². The van der Waals surface area contributed by atoms with Crippen LogP contribution in [-0.4, -0.2) is 14.9 Å². The fraction of sp³-hybridized carbons (Fsp3) is 0. The van der Waals surface area contributed by atoms with Crippen LogP contribution < -0.4 is 10.3 Å². The Hall–Kier alpha value is -2.48. The maximum atomic E-state index is 13.5. The predicted molar refractivity (Wildman–Crippen MR) is 63.0 cm³/mol. The number of aromatic amines is 1. The van der Waals surface area contributed by atoms with Gasteiger partial charge in [0.15, 0.2) is 10.8 Å². The van der Waals surface area contributed by atoms with Crippen LogP contribution in [0.5, 0.6) is 11.6 Å². The molecule has 0 bridgehead atoms. The van der Waals surface area contributed by atoms with E-state index < -0.39 is 38.6 Å². The van der Waals surface area contributed by atoms with Gasteiger partial charge in [-0.15, -0.1) is 0 Å². The highest BCUT2D eigenvalue weighted by Gasteiger charge is 2.22. The number of hydrogen-bond acceptors (Lipinski definition) is 5. The Bertz CT molecular complexity index is 703. The van der Waals surface area contributed by atoms with Gasteiger partial charge in [-0.3, -0.25) is 14.9 Å². The minimum absolute atomic E-state index is 0.418. The third-order valence-electron chi connectivity index (χ3n) is 2.11. The third-order valence-corrected chi connectivity index (χ3v) is 2.44. The van der Waals surface area contributed by atoms with Crippen LogP contribution in [0.4, 0.5) is 10.1 Å². The maximum Gasteiger partial charge on any atom is 0.314 e. The van der Waals surface area contributed by atoms with E-state index in [-0.39, 0.29) is 0 Å². The van der Waals surface area contributed by atoms with Gasteiger partial charge < -0.3 is 9.72 Å². The molecule has 0 fully saturated rings. The van der Waals surface area contributed by atoms with Gasteiger partial charge in [-0.1, -0.05) is 17.7 Å². The first-order valence-electron chi connectivity index (χ1n) is 4.84. The molecule has 0 aliphatic heterocycles. The third kappa shape index (κ3) is 2.52. The molecular weight excluding hydrogens is 281 g/mol. The zero-order chi connectivity index (χ0) is 14.0. The van der Waals surface area contributed by atoms with Gasteiger partial charge in [0.1, 0.15) is 0 Å². The fourth-order valence-corrected chi connectivity index (χ4v) is 1.42. The number of aromatic nitrogens is 2. The van der Waals surface area contributed by atoms with Gasteiger partial charge in [0.25, 0.3) is 5.56 Å². The lowest BCUT2D eigenvalue weighted by Crippen LogP contribution is -2.08. The van der Waals surface area contributed by atoms with E-state index in [4.69, 9.17) is 16.3 Å². The molecule has 1 aromatic carbocycles. The van der Waals surface area contributed by atoms with Crippen LogP contribution in [0.2, 0.25) is 5.02 Å². The molecule has 9 heteroatoms. The number of rotatable bonds is 3. The largest absolute Gasteiger partial charge is 0.427 e. The van der Waals surface area contributed by atoms with Gasteiger partial charge in [0.05, 0.1) is 11.3 Å². The standard InChI is InChI=1S/C10H5ClFN3O4/c11-7-9(16)13-4-14-10(7)19-8-5(12)2-1-3-6(8)15(17)18/h1-4H,(H,13,14,16). The quantitative estimate of drug-likeness (QED) is 0.689. The molecule has 0 amide bonds. The highest BCUT2D eigenvalue weighted by Crippen LogP contribution is 2.34. The van der Waals surface area contributed by atoms with Gasteiger partial charge in [-0.2, -0.15) is 0 Å². The maximum absolute atomic E-state index is 13.5. The van der Waals surface area contributed by atoms with Crippen molar-refractivity contribution < 1.29 is 14.1 Å². The van der Waals surface area contributed by atoms with Gasteiger partial charge in [-0.25, -0.2) is 9.37 Å². The lowest BCUT2D eigenvalue weighted by Gasteiger charge is -2.06. The van der Waals surface area contributed by atoms with E-state index in [0.29, 0.717) is 0 Å². The summed E-state index contributed by atoms with van der Waals surface area (Å²) in [5.41, 5.74) is -1.30. The molecule has 0 radical (unpaired) electrons. The van der Waals surface area contributed by atoms with Crippen molar-refractivity contribution in [3.63, 3.8) is 0 Å². The number of nitrogens with zero attached hydrogens (tertiary/aromatic N) is 2. The molecule has 0 saturated carbocycles. The number of nitro benzene ring substituents is 1. The number of hydrogen-bond donors (Lipinski definition) is 1. The van der Waals surface area contributed by atoms with E-state index in [1.54, 1.807) is 0 Å². The molecule has 2 aromatic rings. The van der Waals surface area contributed by atoms with Crippen LogP contribution in [-0.2, 0) is 0 Å². The Balaban J connectivity index is 2.52. The molecule has 1 heterocycles. The van der Waals surface area contributed by atoms with E-state index in [1.165, 1.54) is 0 Å². The molecule has 0 spiro atoms. The molecule has 7 nitrogen and oxygen atoms in total. The van der Waals surface area contributed by atoms with E-state index in [9.17, 15) is 19.3 Å². The monoisotopic (exact) mass is 285 g/mol. The summed E-state index contributed by atoms with van der Waals surface area (Å²) in [6, 6.07) is 3.19. The molecule has 0 atom stereocenters. The van der Waals surface area contributed by atoms with Crippen LogP contribution in [0.25, 0.3) is 0 Å². The number of ether oxygens (including phenoxy) is 1. The summed E-state index contributed by atoms with van der Waals surface area (Å²) in [4.78, 5) is 26.9. The Morgan fingerprint density at radius 2 is 2.21 bits per heavy atom. The van der Waals surface area contributed by atoms with Crippen molar-refractivity contribution in [2.24, 2.45) is 0 Å². The highest BCUT2D eigenvalue weighted by molar-refractivity contribution is 6.31. The smallest absolute Gasteiger partial charge is 0.314 e. The van der Waals surface area contributed by atoms with Gasteiger partial charge >= 0.3 is 5.69 Å². The summed E-state index contributed by atoms with van der Waals surface area (Å²) < 4.78 is 18.5. The molecule has 0 aliphatic rings. The number of H-pyrrole nitrogens is 1. The highest BCUT2D eigenvalue weighted by atomic mass is 35.5. The van der Waals surface area contributed by atoms with Crippen LogP contribution in [0.3, 0.4) is 0 Å². The van der Waals surface area contributed by atoms with Crippen molar-refractivity contribution in [1.82, 2.24) is 9.97 Å². The molecule has 2 rings (SSSR count). The van der Waals surface area contributed by atoms with Crippen molar-refractivity contribution in [1.29, 1.82) is 0 Å². The van der Waals surface area contributed by atoms with E-state index in [2.05, 4.69) is 9.97 Å². The molecule has 1 N–H and O–H groups in total. The van der Waals surface area contributed by atoms with Crippen molar-refractivity contribution in [2.75, 3.05) is 0 Å². The summed E-state index contributed by atoms with van der Waals surface area (Å²) in [7, 11) is 0. The molecule has 98 valence electrons. The number of benzene rings is 1.